The van der Waals surface area contributed by atoms with Crippen molar-refractivity contribution in [3.05, 3.63) is 59.9 Å². The van der Waals surface area contributed by atoms with Gasteiger partial charge in [0, 0.05) is 31.0 Å². The number of methoxy groups -OCH3 is 1. The predicted octanol–water partition coefficient (Wildman–Crippen LogP) is 3.59. The Morgan fingerprint density at radius 2 is 1.96 bits per heavy atom. The summed E-state index contributed by atoms with van der Waals surface area (Å²) >= 11 is 0. The number of pyridine rings is 1. The Morgan fingerprint density at radius 3 is 2.68 bits per heavy atom. The predicted molar refractivity (Wildman–Crippen MR) is 97.0 cm³/mol. The fraction of sp³-hybridized carbons (Fsp3) is 0.300. The molecular weight excluding hydrogens is 314 g/mol. The number of carbonyl (C=O) groups excluding carboxylic acids is 1. The van der Waals surface area contributed by atoms with Gasteiger partial charge in [-0.2, -0.15) is 0 Å². The number of fused-ring (bicyclic) bond motifs is 1. The largest absolute Gasteiger partial charge is 0.497 e. The van der Waals surface area contributed by atoms with E-state index in [4.69, 9.17) is 4.74 Å². The summed E-state index contributed by atoms with van der Waals surface area (Å²) in [6.45, 7) is 1.55. The molecule has 1 saturated heterocycles. The van der Waals surface area contributed by atoms with Crippen molar-refractivity contribution in [3.8, 4) is 5.75 Å². The SMILES string of the molecule is COc1ccc(C(=O)N2CCC(c3c[nH]c4cccnc34)CC2)cc1. The summed E-state index contributed by atoms with van der Waals surface area (Å²) in [6.07, 6.45) is 5.84. The number of aromatic amines is 1. The van der Waals surface area contributed by atoms with E-state index in [2.05, 4.69) is 16.2 Å². The zero-order valence-corrected chi connectivity index (χ0v) is 14.2. The summed E-state index contributed by atoms with van der Waals surface area (Å²) in [4.78, 5) is 22.4. The summed E-state index contributed by atoms with van der Waals surface area (Å²) in [5.41, 5.74) is 4.12. The molecule has 1 aliphatic heterocycles. The van der Waals surface area contributed by atoms with Crippen molar-refractivity contribution in [1.82, 2.24) is 14.9 Å². The van der Waals surface area contributed by atoms with Crippen LogP contribution < -0.4 is 4.74 Å². The second kappa shape index (κ2) is 6.59. The number of piperidine rings is 1. The van der Waals surface area contributed by atoms with E-state index < -0.39 is 0 Å². The maximum Gasteiger partial charge on any atom is 0.253 e. The van der Waals surface area contributed by atoms with Gasteiger partial charge in [0.1, 0.15) is 5.75 Å². The molecule has 3 heterocycles. The molecule has 2 aromatic heterocycles. The van der Waals surface area contributed by atoms with Gasteiger partial charge in [-0.05, 0) is 60.7 Å². The van der Waals surface area contributed by atoms with Crippen LogP contribution in [0, 0.1) is 0 Å². The van der Waals surface area contributed by atoms with Gasteiger partial charge in [-0.3, -0.25) is 9.78 Å². The number of rotatable bonds is 3. The van der Waals surface area contributed by atoms with Gasteiger partial charge in [0.2, 0.25) is 0 Å². The number of hydrogen-bond acceptors (Lipinski definition) is 3. The van der Waals surface area contributed by atoms with Crippen LogP contribution in [-0.2, 0) is 0 Å². The number of H-pyrrole nitrogens is 1. The summed E-state index contributed by atoms with van der Waals surface area (Å²) in [6, 6.07) is 11.3. The number of nitrogens with zero attached hydrogens (tertiary/aromatic N) is 2. The van der Waals surface area contributed by atoms with Crippen LogP contribution in [0.1, 0.15) is 34.7 Å². The van der Waals surface area contributed by atoms with Gasteiger partial charge in [-0.1, -0.05) is 0 Å². The quantitative estimate of drug-likeness (QED) is 0.796. The van der Waals surface area contributed by atoms with Crippen molar-refractivity contribution in [2.24, 2.45) is 0 Å². The van der Waals surface area contributed by atoms with Gasteiger partial charge in [0.05, 0.1) is 18.1 Å². The van der Waals surface area contributed by atoms with Gasteiger partial charge in [0.25, 0.3) is 5.91 Å². The monoisotopic (exact) mass is 335 g/mol. The van der Waals surface area contributed by atoms with Crippen LogP contribution in [0.4, 0.5) is 0 Å². The molecule has 0 bridgehead atoms. The lowest BCUT2D eigenvalue weighted by Gasteiger charge is -2.32. The molecule has 0 unspecified atom stereocenters. The van der Waals surface area contributed by atoms with Crippen LogP contribution >= 0.6 is 0 Å². The van der Waals surface area contributed by atoms with E-state index in [9.17, 15) is 4.79 Å². The average Bonchev–Trinajstić information content (AvgIpc) is 3.12. The van der Waals surface area contributed by atoms with E-state index in [-0.39, 0.29) is 5.91 Å². The van der Waals surface area contributed by atoms with Crippen molar-refractivity contribution in [2.75, 3.05) is 20.2 Å². The first-order chi connectivity index (χ1) is 12.3. The average molecular weight is 335 g/mol. The molecule has 0 aliphatic carbocycles. The molecule has 128 valence electrons. The third-order valence-corrected chi connectivity index (χ3v) is 5.02. The zero-order chi connectivity index (χ0) is 17.2. The smallest absolute Gasteiger partial charge is 0.253 e. The molecule has 5 heteroatoms. The molecule has 0 radical (unpaired) electrons. The van der Waals surface area contributed by atoms with Crippen LogP contribution in [0.15, 0.2) is 48.8 Å². The minimum atomic E-state index is 0.0955. The van der Waals surface area contributed by atoms with Gasteiger partial charge in [0.15, 0.2) is 0 Å². The first-order valence-electron chi connectivity index (χ1n) is 8.61. The summed E-state index contributed by atoms with van der Waals surface area (Å²) < 4.78 is 5.15. The lowest BCUT2D eigenvalue weighted by molar-refractivity contribution is 0.0713. The fourth-order valence-electron chi connectivity index (χ4n) is 3.60. The second-order valence-electron chi connectivity index (χ2n) is 6.44. The van der Waals surface area contributed by atoms with E-state index in [1.54, 1.807) is 7.11 Å². The Morgan fingerprint density at radius 1 is 1.20 bits per heavy atom. The summed E-state index contributed by atoms with van der Waals surface area (Å²) in [7, 11) is 1.63. The maximum absolute atomic E-state index is 12.7. The van der Waals surface area contributed by atoms with Crippen molar-refractivity contribution >= 4 is 16.9 Å². The van der Waals surface area contributed by atoms with E-state index in [0.717, 1.165) is 42.7 Å². The Bertz CT molecular complexity index is 877. The number of aromatic nitrogens is 2. The number of benzene rings is 1. The molecule has 0 atom stereocenters. The summed E-state index contributed by atoms with van der Waals surface area (Å²) in [5.74, 6) is 1.31. The molecule has 0 saturated carbocycles. The molecule has 1 amide bonds. The second-order valence-corrected chi connectivity index (χ2v) is 6.44. The third kappa shape index (κ3) is 2.97. The van der Waals surface area contributed by atoms with Crippen LogP contribution in [0.5, 0.6) is 5.75 Å². The number of ether oxygens (including phenoxy) is 1. The highest BCUT2D eigenvalue weighted by molar-refractivity contribution is 5.94. The standard InChI is InChI=1S/C20H21N3O2/c1-25-16-6-4-15(5-7-16)20(24)23-11-8-14(9-12-23)17-13-22-18-3-2-10-21-19(17)18/h2-7,10,13-14,22H,8-9,11-12H2,1H3. The zero-order valence-electron chi connectivity index (χ0n) is 14.2. The molecule has 25 heavy (non-hydrogen) atoms. The topological polar surface area (TPSA) is 58.2 Å². The highest BCUT2D eigenvalue weighted by atomic mass is 16.5. The Balaban J connectivity index is 1.44. The molecule has 4 rings (SSSR count). The van der Waals surface area contributed by atoms with Crippen LogP contribution in [0.2, 0.25) is 0 Å². The van der Waals surface area contributed by atoms with Crippen LogP contribution in [0.3, 0.4) is 0 Å². The van der Waals surface area contributed by atoms with Crippen LogP contribution in [-0.4, -0.2) is 41.0 Å². The van der Waals surface area contributed by atoms with E-state index >= 15 is 0 Å². The fourth-order valence-corrected chi connectivity index (χ4v) is 3.60. The molecule has 3 aromatic rings. The van der Waals surface area contributed by atoms with Gasteiger partial charge < -0.3 is 14.6 Å². The molecule has 1 aromatic carbocycles. The number of amides is 1. The molecular formula is C20H21N3O2. The Kier molecular flexibility index (Phi) is 4.14. The number of nitrogens with one attached hydrogen (secondary N) is 1. The van der Waals surface area contributed by atoms with Gasteiger partial charge >= 0.3 is 0 Å². The van der Waals surface area contributed by atoms with E-state index in [1.807, 2.05) is 47.5 Å². The Hall–Kier alpha value is -2.82. The normalized spacial score (nSPS) is 15.5. The van der Waals surface area contributed by atoms with Crippen molar-refractivity contribution in [2.45, 2.75) is 18.8 Å². The Labute approximate surface area is 146 Å². The molecule has 5 nitrogen and oxygen atoms in total. The molecule has 0 spiro atoms. The minimum Gasteiger partial charge on any atom is -0.497 e. The number of likely N-dealkylation sites (tertiary alicyclic amines) is 1. The highest BCUT2D eigenvalue weighted by Gasteiger charge is 2.26. The third-order valence-electron chi connectivity index (χ3n) is 5.02. The minimum absolute atomic E-state index is 0.0955. The molecule has 1 N–H and O–H groups in total. The van der Waals surface area contributed by atoms with Crippen molar-refractivity contribution in [3.63, 3.8) is 0 Å². The van der Waals surface area contributed by atoms with E-state index in [0.29, 0.717) is 11.5 Å². The molecule has 1 fully saturated rings. The lowest BCUT2D eigenvalue weighted by Crippen LogP contribution is -2.37. The lowest BCUT2D eigenvalue weighted by atomic mass is 9.90. The van der Waals surface area contributed by atoms with E-state index in [1.165, 1.54) is 5.56 Å². The number of carbonyl (C=O) groups is 1. The number of hydrogen-bond donors (Lipinski definition) is 1. The van der Waals surface area contributed by atoms with Gasteiger partial charge in [-0.25, -0.2) is 0 Å². The first kappa shape index (κ1) is 15.7. The van der Waals surface area contributed by atoms with Gasteiger partial charge in [-0.15, -0.1) is 0 Å². The first-order valence-corrected chi connectivity index (χ1v) is 8.61. The van der Waals surface area contributed by atoms with Crippen molar-refractivity contribution < 1.29 is 9.53 Å². The summed E-state index contributed by atoms with van der Waals surface area (Å²) in [5, 5.41) is 0. The van der Waals surface area contributed by atoms with Crippen LogP contribution in [0.25, 0.3) is 11.0 Å². The molecule has 1 aliphatic rings. The van der Waals surface area contributed by atoms with Crippen molar-refractivity contribution in [1.29, 1.82) is 0 Å². The maximum atomic E-state index is 12.7. The highest BCUT2D eigenvalue weighted by Crippen LogP contribution is 2.32.